The molecule has 3 heteroatoms. The summed E-state index contributed by atoms with van der Waals surface area (Å²) in [6.45, 7) is 4.29. The van der Waals surface area contributed by atoms with Crippen molar-refractivity contribution in [3.05, 3.63) is 133 Å². The van der Waals surface area contributed by atoms with Gasteiger partial charge in [-0.05, 0) is 42.4 Å². The van der Waals surface area contributed by atoms with Gasteiger partial charge in [-0.3, -0.25) is 0 Å². The Hall–Kier alpha value is -3.39. The zero-order valence-electron chi connectivity index (χ0n) is 18.6. The number of aromatic nitrogens is 2. The fourth-order valence-electron chi connectivity index (χ4n) is 3.50. The van der Waals surface area contributed by atoms with Crippen LogP contribution in [-0.2, 0) is 20.1 Å². The van der Waals surface area contributed by atoms with Gasteiger partial charge in [-0.1, -0.05) is 48.0 Å². The Bertz CT molecular complexity index is 1150. The Morgan fingerprint density at radius 3 is 1.85 bits per heavy atom. The maximum absolute atomic E-state index is 4.65. The quantitative estimate of drug-likeness (QED) is 0.201. The molecule has 0 N–H and O–H groups in total. The first kappa shape index (κ1) is 24.3. The first-order valence-corrected chi connectivity index (χ1v) is 10.6. The first-order chi connectivity index (χ1) is 15.7. The van der Waals surface area contributed by atoms with Crippen LogP contribution >= 0.6 is 0 Å². The van der Waals surface area contributed by atoms with Gasteiger partial charge in [0.15, 0.2) is 0 Å². The molecule has 1 radical (unpaired) electrons. The second-order valence-electron chi connectivity index (χ2n) is 7.40. The van der Waals surface area contributed by atoms with E-state index in [2.05, 4.69) is 66.3 Å². The van der Waals surface area contributed by atoms with Gasteiger partial charge in [-0.25, -0.2) is 0 Å². The molecule has 0 amide bonds. The monoisotopic (exact) mass is 605 g/mol. The average molecular weight is 605 g/mol. The molecule has 0 bridgehead atoms. The summed E-state index contributed by atoms with van der Waals surface area (Å²) in [7, 11) is 0. The molecule has 0 unspecified atom stereocenters. The standard InChI is InChI=1S/C19H16N.C11H8N.Ir/c1-14-15(2)19(17-11-7-4-8-12-17)20-13-18(14)16-9-5-3-6-10-16;1-2-6-10(7-3-1)11-8-4-5-9-12-11;/h3-11,13H,1-2H3;1-6,8-9H;/q2*-1;. The summed E-state index contributed by atoms with van der Waals surface area (Å²) < 4.78 is 0. The largest absolute Gasteiger partial charge is 0.305 e. The van der Waals surface area contributed by atoms with Crippen LogP contribution in [0.15, 0.2) is 109 Å². The fraction of sp³-hybridized carbons (Fsp3) is 0.0667. The maximum atomic E-state index is 4.65. The van der Waals surface area contributed by atoms with Gasteiger partial charge < -0.3 is 9.97 Å². The molecular weight excluding hydrogens is 581 g/mol. The van der Waals surface area contributed by atoms with Gasteiger partial charge in [-0.15, -0.1) is 71.8 Å². The van der Waals surface area contributed by atoms with Gasteiger partial charge in [0.25, 0.3) is 0 Å². The summed E-state index contributed by atoms with van der Waals surface area (Å²) in [5.41, 5.74) is 8.98. The topological polar surface area (TPSA) is 25.8 Å². The number of benzene rings is 3. The molecule has 3 aromatic carbocycles. The Labute approximate surface area is 209 Å². The minimum absolute atomic E-state index is 0. The number of hydrogen-bond acceptors (Lipinski definition) is 2. The molecule has 0 spiro atoms. The molecule has 5 aromatic rings. The van der Waals surface area contributed by atoms with Crippen LogP contribution in [0, 0.1) is 26.0 Å². The molecule has 0 saturated heterocycles. The first-order valence-electron chi connectivity index (χ1n) is 10.6. The van der Waals surface area contributed by atoms with Gasteiger partial charge in [0, 0.05) is 38.1 Å². The number of nitrogens with zero attached hydrogens (tertiary/aromatic N) is 2. The van der Waals surface area contributed by atoms with Crippen LogP contribution in [0.1, 0.15) is 11.1 Å². The molecule has 0 atom stereocenters. The van der Waals surface area contributed by atoms with Gasteiger partial charge in [0.2, 0.25) is 0 Å². The van der Waals surface area contributed by atoms with Crippen molar-refractivity contribution in [3.63, 3.8) is 0 Å². The van der Waals surface area contributed by atoms with E-state index in [1.165, 1.54) is 22.3 Å². The third-order valence-corrected chi connectivity index (χ3v) is 5.34. The Balaban J connectivity index is 0.000000202. The van der Waals surface area contributed by atoms with E-state index in [-0.39, 0.29) is 20.1 Å². The molecule has 2 heterocycles. The molecule has 2 nitrogen and oxygen atoms in total. The molecule has 0 saturated carbocycles. The molecule has 165 valence electrons. The summed E-state index contributed by atoms with van der Waals surface area (Å²) in [4.78, 5) is 8.87. The van der Waals surface area contributed by atoms with Crippen LogP contribution in [0.2, 0.25) is 0 Å². The van der Waals surface area contributed by atoms with Gasteiger partial charge >= 0.3 is 0 Å². The SMILES string of the molecule is Cc1c(-c2ccccc2)cnc(-c2[c-]cccc2)c1C.[Ir].[c-]1ccccc1-c1ccccn1. The molecule has 0 aliphatic heterocycles. The predicted octanol–water partition coefficient (Wildman–Crippen LogP) is 7.38. The minimum atomic E-state index is 0. The molecule has 5 rings (SSSR count). The van der Waals surface area contributed by atoms with Crippen LogP contribution in [0.25, 0.3) is 33.6 Å². The van der Waals surface area contributed by atoms with Crippen molar-refractivity contribution < 1.29 is 20.1 Å². The molecule has 0 aliphatic rings. The maximum Gasteiger partial charge on any atom is 0.0242 e. The van der Waals surface area contributed by atoms with E-state index in [0.717, 1.165) is 22.5 Å². The van der Waals surface area contributed by atoms with Crippen LogP contribution in [-0.4, -0.2) is 9.97 Å². The van der Waals surface area contributed by atoms with E-state index < -0.39 is 0 Å². The molecule has 2 aromatic heterocycles. The number of pyridine rings is 2. The van der Waals surface area contributed by atoms with Gasteiger partial charge in [0.1, 0.15) is 0 Å². The van der Waals surface area contributed by atoms with E-state index in [1.807, 2.05) is 72.9 Å². The molecule has 0 fully saturated rings. The molecule has 33 heavy (non-hydrogen) atoms. The third kappa shape index (κ3) is 6.10. The van der Waals surface area contributed by atoms with E-state index in [9.17, 15) is 0 Å². The summed E-state index contributed by atoms with van der Waals surface area (Å²) in [5.74, 6) is 0. The van der Waals surface area contributed by atoms with E-state index in [0.29, 0.717) is 0 Å². The minimum Gasteiger partial charge on any atom is -0.305 e. The normalized spacial score (nSPS) is 9.88. The van der Waals surface area contributed by atoms with Crippen LogP contribution in [0.5, 0.6) is 0 Å². The zero-order valence-corrected chi connectivity index (χ0v) is 21.0. The summed E-state index contributed by atoms with van der Waals surface area (Å²) >= 11 is 0. The predicted molar refractivity (Wildman–Crippen MR) is 132 cm³/mol. The van der Waals surface area contributed by atoms with Crippen molar-refractivity contribution in [1.82, 2.24) is 9.97 Å². The van der Waals surface area contributed by atoms with Crippen molar-refractivity contribution in [1.29, 1.82) is 0 Å². The van der Waals surface area contributed by atoms with Crippen molar-refractivity contribution >= 4 is 0 Å². The number of rotatable bonds is 3. The number of hydrogen-bond donors (Lipinski definition) is 0. The van der Waals surface area contributed by atoms with E-state index >= 15 is 0 Å². The molecular formula is C30H24IrN2-2. The van der Waals surface area contributed by atoms with Crippen LogP contribution in [0.4, 0.5) is 0 Å². The Morgan fingerprint density at radius 2 is 1.24 bits per heavy atom. The molecule has 0 aliphatic carbocycles. The summed E-state index contributed by atoms with van der Waals surface area (Å²) in [5, 5.41) is 0. The zero-order chi connectivity index (χ0) is 22.2. The van der Waals surface area contributed by atoms with Crippen molar-refractivity contribution in [2.45, 2.75) is 13.8 Å². The Kier molecular flexibility index (Phi) is 8.83. The summed E-state index contributed by atoms with van der Waals surface area (Å²) in [6, 6.07) is 38.4. The Morgan fingerprint density at radius 1 is 0.606 bits per heavy atom. The average Bonchev–Trinajstić information content (AvgIpc) is 2.88. The van der Waals surface area contributed by atoms with E-state index in [4.69, 9.17) is 0 Å². The van der Waals surface area contributed by atoms with E-state index in [1.54, 1.807) is 6.20 Å². The van der Waals surface area contributed by atoms with Crippen LogP contribution in [0.3, 0.4) is 0 Å². The second-order valence-corrected chi connectivity index (χ2v) is 7.40. The van der Waals surface area contributed by atoms with Crippen molar-refractivity contribution in [2.24, 2.45) is 0 Å². The fourth-order valence-corrected chi connectivity index (χ4v) is 3.50. The van der Waals surface area contributed by atoms with Crippen molar-refractivity contribution in [3.8, 4) is 33.6 Å². The van der Waals surface area contributed by atoms with Crippen LogP contribution < -0.4 is 0 Å². The summed E-state index contributed by atoms with van der Waals surface area (Å²) in [6.07, 6.45) is 3.75. The third-order valence-electron chi connectivity index (χ3n) is 5.34. The van der Waals surface area contributed by atoms with Crippen molar-refractivity contribution in [2.75, 3.05) is 0 Å². The van der Waals surface area contributed by atoms with Gasteiger partial charge in [0.05, 0.1) is 0 Å². The smallest absolute Gasteiger partial charge is 0.0242 e. The second kappa shape index (κ2) is 12.0. The van der Waals surface area contributed by atoms with Gasteiger partial charge in [-0.2, -0.15) is 0 Å².